The number of ether oxygens (including phenoxy) is 1. The van der Waals surface area contributed by atoms with Crippen LogP contribution in [0.4, 0.5) is 0 Å². The number of para-hydroxylation sites is 3. The first-order chi connectivity index (χ1) is 16.2. The lowest BCUT2D eigenvalue weighted by atomic mass is 9.49. The second-order valence-electron chi connectivity index (χ2n) is 10.5. The largest absolute Gasteiger partial charge is 0.492 e. The second-order valence-corrected chi connectivity index (χ2v) is 10.5. The molecule has 0 atom stereocenters. The van der Waals surface area contributed by atoms with Gasteiger partial charge >= 0.3 is 0 Å². The molecular weight excluding hydrogens is 410 g/mol. The molecule has 1 aromatic heterocycles. The zero-order chi connectivity index (χ0) is 22.3. The molecule has 172 valence electrons. The Labute approximate surface area is 195 Å². The van der Waals surface area contributed by atoms with Crippen LogP contribution in [0.2, 0.25) is 0 Å². The highest BCUT2D eigenvalue weighted by atomic mass is 16.5. The van der Waals surface area contributed by atoms with Crippen LogP contribution in [0.25, 0.3) is 11.0 Å². The van der Waals surface area contributed by atoms with E-state index in [0.29, 0.717) is 19.1 Å². The van der Waals surface area contributed by atoms with Crippen LogP contribution in [0.3, 0.4) is 0 Å². The monoisotopic (exact) mass is 443 g/mol. The summed E-state index contributed by atoms with van der Waals surface area (Å²) < 4.78 is 8.19. The Balaban J connectivity index is 1.12. The summed E-state index contributed by atoms with van der Waals surface area (Å²) in [5, 5.41) is 3.32. The van der Waals surface area contributed by atoms with Crippen LogP contribution in [0.5, 0.6) is 5.75 Å². The summed E-state index contributed by atoms with van der Waals surface area (Å²) in [6, 6.07) is 18.2. The first kappa shape index (κ1) is 20.8. The molecule has 1 N–H and O–H groups in total. The number of fused-ring (bicyclic) bond motifs is 1. The fourth-order valence-corrected chi connectivity index (χ4v) is 7.20. The number of hydrogen-bond acceptors (Lipinski definition) is 3. The highest BCUT2D eigenvalue weighted by Crippen LogP contribution is 2.60. The van der Waals surface area contributed by atoms with E-state index in [4.69, 9.17) is 9.72 Å². The summed E-state index contributed by atoms with van der Waals surface area (Å²) in [4.78, 5) is 18.2. The molecule has 4 aliphatic rings. The van der Waals surface area contributed by atoms with E-state index in [1.807, 2.05) is 36.4 Å². The summed E-state index contributed by atoms with van der Waals surface area (Å²) in [5.74, 6) is 4.56. The molecule has 3 aromatic rings. The molecule has 4 fully saturated rings. The van der Waals surface area contributed by atoms with Crippen LogP contribution >= 0.6 is 0 Å². The summed E-state index contributed by atoms with van der Waals surface area (Å²) in [6.07, 6.45) is 8.16. The van der Waals surface area contributed by atoms with Gasteiger partial charge in [-0.25, -0.2) is 4.98 Å². The van der Waals surface area contributed by atoms with Crippen LogP contribution in [0.15, 0.2) is 54.6 Å². The van der Waals surface area contributed by atoms with E-state index in [9.17, 15) is 4.79 Å². The molecule has 1 heterocycles. The van der Waals surface area contributed by atoms with E-state index in [1.54, 1.807) is 0 Å². The van der Waals surface area contributed by atoms with Crippen molar-refractivity contribution in [2.75, 3.05) is 13.2 Å². The van der Waals surface area contributed by atoms with Gasteiger partial charge in [-0.2, -0.15) is 0 Å². The number of rotatable bonds is 8. The van der Waals surface area contributed by atoms with Crippen molar-refractivity contribution >= 4 is 16.9 Å². The van der Waals surface area contributed by atoms with Crippen molar-refractivity contribution < 1.29 is 9.53 Å². The number of benzene rings is 2. The van der Waals surface area contributed by atoms with Crippen LogP contribution in [-0.4, -0.2) is 28.6 Å². The van der Waals surface area contributed by atoms with E-state index >= 15 is 0 Å². The maximum atomic E-state index is 13.3. The minimum absolute atomic E-state index is 0.0849. The summed E-state index contributed by atoms with van der Waals surface area (Å²) in [6.45, 7) is 1.95. The highest BCUT2D eigenvalue weighted by Gasteiger charge is 2.54. The van der Waals surface area contributed by atoms with Crippen molar-refractivity contribution in [1.29, 1.82) is 0 Å². The lowest BCUT2D eigenvalue weighted by Gasteiger charge is -2.55. The van der Waals surface area contributed by atoms with Gasteiger partial charge in [-0.3, -0.25) is 4.79 Å². The average Bonchev–Trinajstić information content (AvgIpc) is 3.16. The zero-order valence-corrected chi connectivity index (χ0v) is 19.2. The minimum Gasteiger partial charge on any atom is -0.492 e. The van der Waals surface area contributed by atoms with Gasteiger partial charge in [-0.1, -0.05) is 30.3 Å². The Bertz CT molecular complexity index is 1100. The first-order valence-electron chi connectivity index (χ1n) is 12.6. The van der Waals surface area contributed by atoms with Crippen molar-refractivity contribution in [3.05, 3.63) is 60.4 Å². The van der Waals surface area contributed by atoms with Crippen molar-refractivity contribution in [3.8, 4) is 5.75 Å². The molecule has 0 saturated heterocycles. The number of nitrogens with zero attached hydrogens (tertiary/aromatic N) is 2. The lowest BCUT2D eigenvalue weighted by molar-refractivity contribution is -0.146. The third kappa shape index (κ3) is 4.03. The molecular formula is C28H33N3O2. The summed E-state index contributed by atoms with van der Waals surface area (Å²) in [7, 11) is 0. The van der Waals surface area contributed by atoms with E-state index < -0.39 is 0 Å². The predicted octanol–water partition coefficient (Wildman–Crippen LogP) is 4.99. The van der Waals surface area contributed by atoms with Gasteiger partial charge < -0.3 is 14.6 Å². The predicted molar refractivity (Wildman–Crippen MR) is 129 cm³/mol. The van der Waals surface area contributed by atoms with Gasteiger partial charge in [0, 0.05) is 18.4 Å². The van der Waals surface area contributed by atoms with E-state index in [1.165, 1.54) is 19.3 Å². The van der Waals surface area contributed by atoms with Gasteiger partial charge in [0.2, 0.25) is 5.91 Å². The second kappa shape index (κ2) is 8.51. The van der Waals surface area contributed by atoms with Gasteiger partial charge in [0.1, 0.15) is 18.2 Å². The van der Waals surface area contributed by atoms with Gasteiger partial charge in [-0.15, -0.1) is 0 Å². The first-order valence-corrected chi connectivity index (χ1v) is 12.6. The van der Waals surface area contributed by atoms with Crippen molar-refractivity contribution in [3.63, 3.8) is 0 Å². The maximum absolute atomic E-state index is 13.3. The Morgan fingerprint density at radius 2 is 1.64 bits per heavy atom. The zero-order valence-electron chi connectivity index (χ0n) is 19.2. The van der Waals surface area contributed by atoms with Crippen molar-refractivity contribution in [2.45, 2.75) is 51.5 Å². The molecule has 2 aromatic carbocycles. The lowest BCUT2D eigenvalue weighted by Crippen LogP contribution is -2.53. The molecule has 0 aliphatic heterocycles. The minimum atomic E-state index is -0.0849. The number of carbonyl (C=O) groups excluding carboxylic acids is 1. The van der Waals surface area contributed by atoms with Gasteiger partial charge in [0.25, 0.3) is 0 Å². The third-order valence-electron chi connectivity index (χ3n) is 8.21. The molecule has 5 nitrogen and oxygen atoms in total. The summed E-state index contributed by atoms with van der Waals surface area (Å²) in [5.41, 5.74) is 2.04. The smallest absolute Gasteiger partial charge is 0.226 e. The average molecular weight is 444 g/mol. The number of hydrogen-bond donors (Lipinski definition) is 1. The standard InChI is InChI=1S/C28H33N3O2/c32-27(28-17-20-14-21(18-28)16-22(15-20)19-28)29-11-10-26-30-24-8-4-5-9-25(24)31(26)12-13-33-23-6-2-1-3-7-23/h1-9,20-22H,10-19H2,(H,29,32). The van der Waals surface area contributed by atoms with Crippen LogP contribution in [0.1, 0.15) is 44.3 Å². The molecule has 4 aliphatic carbocycles. The van der Waals surface area contributed by atoms with Crippen LogP contribution < -0.4 is 10.1 Å². The number of imidazole rings is 1. The molecule has 5 heteroatoms. The van der Waals surface area contributed by atoms with Crippen LogP contribution in [0, 0.1) is 23.2 Å². The number of amides is 1. The fourth-order valence-electron chi connectivity index (χ4n) is 7.20. The molecule has 1 amide bonds. The topological polar surface area (TPSA) is 56.2 Å². The number of aromatic nitrogens is 2. The Kier molecular flexibility index (Phi) is 5.35. The molecule has 33 heavy (non-hydrogen) atoms. The van der Waals surface area contributed by atoms with Crippen molar-refractivity contribution in [2.24, 2.45) is 23.2 Å². The normalized spacial score (nSPS) is 27.7. The maximum Gasteiger partial charge on any atom is 0.226 e. The highest BCUT2D eigenvalue weighted by molar-refractivity contribution is 5.83. The third-order valence-corrected chi connectivity index (χ3v) is 8.21. The number of carbonyl (C=O) groups is 1. The summed E-state index contributed by atoms with van der Waals surface area (Å²) >= 11 is 0. The molecule has 0 radical (unpaired) electrons. The molecule has 4 bridgehead atoms. The molecule has 0 unspecified atom stereocenters. The quantitative estimate of drug-likeness (QED) is 0.534. The van der Waals surface area contributed by atoms with Gasteiger partial charge in [0.05, 0.1) is 17.6 Å². The molecule has 4 saturated carbocycles. The SMILES string of the molecule is O=C(NCCc1nc2ccccc2n1CCOc1ccccc1)C12CC3CC(CC(C3)C1)C2. The Morgan fingerprint density at radius 3 is 2.36 bits per heavy atom. The Hall–Kier alpha value is -2.82. The molecule has 7 rings (SSSR count). The van der Waals surface area contributed by atoms with Gasteiger partial charge in [0.15, 0.2) is 0 Å². The van der Waals surface area contributed by atoms with Crippen LogP contribution in [-0.2, 0) is 17.8 Å². The van der Waals surface area contributed by atoms with E-state index in [2.05, 4.69) is 28.1 Å². The van der Waals surface area contributed by atoms with Crippen molar-refractivity contribution in [1.82, 2.24) is 14.9 Å². The van der Waals surface area contributed by atoms with Gasteiger partial charge in [-0.05, 0) is 80.5 Å². The van der Waals surface area contributed by atoms with E-state index in [0.717, 1.165) is 72.6 Å². The Morgan fingerprint density at radius 1 is 0.970 bits per heavy atom. The fraction of sp³-hybridized carbons (Fsp3) is 0.500. The molecule has 0 spiro atoms. The van der Waals surface area contributed by atoms with E-state index in [-0.39, 0.29) is 5.41 Å². The number of nitrogens with one attached hydrogen (secondary N) is 1.